The van der Waals surface area contributed by atoms with Crippen LogP contribution in [0.3, 0.4) is 0 Å². The van der Waals surface area contributed by atoms with Crippen molar-refractivity contribution in [3.63, 3.8) is 0 Å². The molecule has 3 nitrogen and oxygen atoms in total. The highest BCUT2D eigenvalue weighted by atomic mass is 35.5. The van der Waals surface area contributed by atoms with Crippen molar-refractivity contribution < 1.29 is 9.18 Å². The molecule has 6 heteroatoms. The summed E-state index contributed by atoms with van der Waals surface area (Å²) < 4.78 is 13.8. The average molecular weight is 373 g/mol. The van der Waals surface area contributed by atoms with Gasteiger partial charge in [-0.05, 0) is 48.0 Å². The fourth-order valence-electron chi connectivity index (χ4n) is 2.19. The molecule has 0 aliphatic rings. The number of rotatable bonds is 5. The minimum atomic E-state index is -0.645. The molecule has 1 amide bonds. The van der Waals surface area contributed by atoms with E-state index in [4.69, 9.17) is 11.6 Å². The Labute approximate surface area is 154 Å². The number of anilines is 1. The van der Waals surface area contributed by atoms with Crippen LogP contribution in [-0.4, -0.2) is 10.9 Å². The molecule has 0 bridgehead atoms. The van der Waals surface area contributed by atoms with E-state index in [0.29, 0.717) is 5.69 Å². The molecule has 0 aliphatic heterocycles. The van der Waals surface area contributed by atoms with Gasteiger partial charge in [0.05, 0.1) is 10.6 Å². The Morgan fingerprint density at radius 3 is 2.60 bits per heavy atom. The van der Waals surface area contributed by atoms with Crippen LogP contribution < -0.4 is 5.32 Å². The molecular weight excluding hydrogens is 359 g/mol. The summed E-state index contributed by atoms with van der Waals surface area (Å²) in [6.45, 7) is 0. The molecule has 1 N–H and O–H groups in total. The number of nitrogens with zero attached hydrogens (tertiary/aromatic N) is 1. The van der Waals surface area contributed by atoms with Gasteiger partial charge in [-0.3, -0.25) is 9.78 Å². The van der Waals surface area contributed by atoms with Crippen molar-refractivity contribution in [1.82, 2.24) is 4.98 Å². The minimum absolute atomic E-state index is 0.0844. The first kappa shape index (κ1) is 17.5. The van der Waals surface area contributed by atoms with E-state index < -0.39 is 11.7 Å². The summed E-state index contributed by atoms with van der Waals surface area (Å²) in [5.74, 6) is -0.405. The molecular formula is C19H14ClFN2OS. The van der Waals surface area contributed by atoms with E-state index in [1.54, 1.807) is 30.1 Å². The van der Waals surface area contributed by atoms with Gasteiger partial charge < -0.3 is 5.32 Å². The highest BCUT2D eigenvalue weighted by molar-refractivity contribution is 7.98. The molecule has 0 saturated heterocycles. The van der Waals surface area contributed by atoms with Gasteiger partial charge in [0.2, 0.25) is 0 Å². The van der Waals surface area contributed by atoms with Crippen molar-refractivity contribution in [2.45, 2.75) is 10.6 Å². The van der Waals surface area contributed by atoms with Gasteiger partial charge in [-0.15, -0.1) is 11.8 Å². The largest absolute Gasteiger partial charge is 0.322 e. The normalized spacial score (nSPS) is 10.5. The van der Waals surface area contributed by atoms with Gasteiger partial charge in [0, 0.05) is 28.7 Å². The Kier molecular flexibility index (Phi) is 5.68. The summed E-state index contributed by atoms with van der Waals surface area (Å²) in [5, 5.41) is 2.74. The lowest BCUT2D eigenvalue weighted by Crippen LogP contribution is -2.14. The number of benzene rings is 2. The lowest BCUT2D eigenvalue weighted by Gasteiger charge is -2.08. The Morgan fingerprint density at radius 2 is 1.92 bits per heavy atom. The Bertz CT molecular complexity index is 852. The van der Waals surface area contributed by atoms with E-state index in [-0.39, 0.29) is 10.6 Å². The first-order valence-electron chi connectivity index (χ1n) is 7.50. The number of carbonyl (C=O) groups excluding carboxylic acids is 1. The summed E-state index contributed by atoms with van der Waals surface area (Å²) in [6.07, 6.45) is 3.58. The van der Waals surface area contributed by atoms with Gasteiger partial charge in [0.25, 0.3) is 5.91 Å². The number of hydrogen-bond donors (Lipinski definition) is 1. The number of halogens is 2. The highest BCUT2D eigenvalue weighted by Gasteiger charge is 2.15. The Hall–Kier alpha value is -2.37. The van der Waals surface area contributed by atoms with Crippen molar-refractivity contribution >= 4 is 35.0 Å². The number of aromatic nitrogens is 1. The minimum Gasteiger partial charge on any atom is -0.322 e. The Balaban J connectivity index is 1.63. The van der Waals surface area contributed by atoms with Crippen molar-refractivity contribution in [1.29, 1.82) is 0 Å². The predicted octanol–water partition coefficient (Wildman–Crippen LogP) is 5.42. The third-order valence-electron chi connectivity index (χ3n) is 3.43. The summed E-state index contributed by atoms with van der Waals surface area (Å²) >= 11 is 7.57. The van der Waals surface area contributed by atoms with Crippen LogP contribution in [-0.2, 0) is 5.75 Å². The number of nitrogens with one attached hydrogen (secondary N) is 1. The second-order valence-electron chi connectivity index (χ2n) is 5.23. The molecule has 3 aromatic rings. The SMILES string of the molecule is O=C(Nc1ccc(SCc2cccnc2)cc1)c1c(F)cccc1Cl. The number of amides is 1. The van der Waals surface area contributed by atoms with E-state index in [9.17, 15) is 9.18 Å². The molecule has 0 fully saturated rings. The maximum atomic E-state index is 13.8. The Morgan fingerprint density at radius 1 is 1.12 bits per heavy atom. The molecule has 1 aromatic heterocycles. The second-order valence-corrected chi connectivity index (χ2v) is 6.68. The summed E-state index contributed by atoms with van der Waals surface area (Å²) in [6, 6.07) is 15.4. The van der Waals surface area contributed by atoms with Crippen LogP contribution in [0.25, 0.3) is 0 Å². The highest BCUT2D eigenvalue weighted by Crippen LogP contribution is 2.25. The van der Waals surface area contributed by atoms with E-state index in [1.165, 1.54) is 18.2 Å². The number of hydrogen-bond acceptors (Lipinski definition) is 3. The molecule has 0 aliphatic carbocycles. The monoisotopic (exact) mass is 372 g/mol. The molecule has 25 heavy (non-hydrogen) atoms. The zero-order valence-electron chi connectivity index (χ0n) is 13.1. The zero-order chi connectivity index (χ0) is 17.6. The van der Waals surface area contributed by atoms with E-state index in [0.717, 1.165) is 16.2 Å². The van der Waals surface area contributed by atoms with Gasteiger partial charge in [0.15, 0.2) is 0 Å². The van der Waals surface area contributed by atoms with E-state index in [1.807, 2.05) is 30.5 Å². The van der Waals surface area contributed by atoms with Crippen LogP contribution in [0.4, 0.5) is 10.1 Å². The van der Waals surface area contributed by atoms with Crippen LogP contribution in [0.1, 0.15) is 15.9 Å². The van der Waals surface area contributed by atoms with E-state index >= 15 is 0 Å². The number of pyridine rings is 1. The molecule has 0 radical (unpaired) electrons. The fourth-order valence-corrected chi connectivity index (χ4v) is 3.27. The quantitative estimate of drug-likeness (QED) is 0.608. The van der Waals surface area contributed by atoms with Gasteiger partial charge in [-0.2, -0.15) is 0 Å². The van der Waals surface area contributed by atoms with Crippen molar-refractivity contribution in [3.8, 4) is 0 Å². The molecule has 126 valence electrons. The molecule has 0 saturated carbocycles. The van der Waals surface area contributed by atoms with Crippen molar-refractivity contribution in [3.05, 3.63) is 89.0 Å². The standard InChI is InChI=1S/C19H14ClFN2OS/c20-16-4-1-5-17(21)18(16)19(24)23-14-6-8-15(9-7-14)25-12-13-3-2-10-22-11-13/h1-11H,12H2,(H,23,24). The molecule has 1 heterocycles. The van der Waals surface area contributed by atoms with Crippen LogP contribution in [0.5, 0.6) is 0 Å². The maximum Gasteiger partial charge on any atom is 0.260 e. The van der Waals surface area contributed by atoms with E-state index in [2.05, 4.69) is 10.3 Å². The third-order valence-corrected chi connectivity index (χ3v) is 4.83. The molecule has 0 unspecified atom stereocenters. The average Bonchev–Trinajstić information content (AvgIpc) is 2.62. The predicted molar refractivity (Wildman–Crippen MR) is 99.6 cm³/mol. The second kappa shape index (κ2) is 8.14. The molecule has 0 atom stereocenters. The first-order chi connectivity index (χ1) is 12.1. The molecule has 3 rings (SSSR count). The van der Waals surface area contributed by atoms with Crippen LogP contribution in [0.2, 0.25) is 5.02 Å². The van der Waals surface area contributed by atoms with Gasteiger partial charge >= 0.3 is 0 Å². The maximum absolute atomic E-state index is 13.8. The van der Waals surface area contributed by atoms with Gasteiger partial charge in [-0.25, -0.2) is 4.39 Å². The topological polar surface area (TPSA) is 42.0 Å². The summed E-state index contributed by atoms with van der Waals surface area (Å²) in [7, 11) is 0. The van der Waals surface area contributed by atoms with Crippen molar-refractivity contribution in [2.24, 2.45) is 0 Å². The molecule has 0 spiro atoms. The van der Waals surface area contributed by atoms with Crippen LogP contribution in [0.15, 0.2) is 71.9 Å². The van der Waals surface area contributed by atoms with Crippen LogP contribution >= 0.6 is 23.4 Å². The lowest BCUT2D eigenvalue weighted by molar-refractivity contribution is 0.102. The zero-order valence-corrected chi connectivity index (χ0v) is 14.7. The third kappa shape index (κ3) is 4.59. The first-order valence-corrected chi connectivity index (χ1v) is 8.87. The lowest BCUT2D eigenvalue weighted by atomic mass is 10.2. The number of thioether (sulfide) groups is 1. The molecule has 2 aromatic carbocycles. The fraction of sp³-hybridized carbons (Fsp3) is 0.0526. The van der Waals surface area contributed by atoms with Crippen molar-refractivity contribution in [2.75, 3.05) is 5.32 Å². The van der Waals surface area contributed by atoms with Crippen LogP contribution in [0, 0.1) is 5.82 Å². The summed E-state index contributed by atoms with van der Waals surface area (Å²) in [4.78, 5) is 17.3. The smallest absolute Gasteiger partial charge is 0.260 e. The number of carbonyl (C=O) groups is 1. The van der Waals surface area contributed by atoms with Gasteiger partial charge in [0.1, 0.15) is 5.82 Å². The summed E-state index contributed by atoms with van der Waals surface area (Å²) in [5.41, 5.74) is 1.56. The van der Waals surface area contributed by atoms with Gasteiger partial charge in [-0.1, -0.05) is 23.7 Å².